The molecule has 2 aliphatic carbocycles. The third-order valence-corrected chi connectivity index (χ3v) is 5.21. The van der Waals surface area contributed by atoms with Gasteiger partial charge in [0.1, 0.15) is 5.54 Å². The van der Waals surface area contributed by atoms with Crippen molar-refractivity contribution >= 4 is 16.0 Å². The van der Waals surface area contributed by atoms with Crippen molar-refractivity contribution < 1.29 is 18.3 Å². The number of carboxylic acid groups (broad SMARTS) is 1. The van der Waals surface area contributed by atoms with Crippen LogP contribution in [0.5, 0.6) is 0 Å². The second-order valence-corrected chi connectivity index (χ2v) is 6.59. The number of carboxylic acids is 1. The summed E-state index contributed by atoms with van der Waals surface area (Å²) in [6, 6.07) is 0. The molecule has 1 unspecified atom stereocenters. The molecule has 2 saturated carbocycles. The van der Waals surface area contributed by atoms with E-state index in [4.69, 9.17) is 5.11 Å². The van der Waals surface area contributed by atoms with Crippen LogP contribution in [0.2, 0.25) is 0 Å². The van der Waals surface area contributed by atoms with Gasteiger partial charge < -0.3 is 5.11 Å². The maximum Gasteiger partial charge on any atom is 0.324 e. The molecule has 0 bridgehead atoms. The Balaban J connectivity index is 2.16. The number of nitrogens with one attached hydrogen (secondary N) is 1. The van der Waals surface area contributed by atoms with Crippen LogP contribution in [-0.2, 0) is 14.8 Å². The minimum absolute atomic E-state index is 0.0523. The summed E-state index contributed by atoms with van der Waals surface area (Å²) in [6.45, 7) is 1.47. The first-order chi connectivity index (χ1) is 6.86. The van der Waals surface area contributed by atoms with Crippen LogP contribution in [0.15, 0.2) is 0 Å². The number of hydrogen-bond donors (Lipinski definition) is 2. The number of rotatable bonds is 5. The van der Waals surface area contributed by atoms with E-state index < -0.39 is 21.5 Å². The fourth-order valence-corrected chi connectivity index (χ4v) is 3.49. The van der Waals surface area contributed by atoms with Gasteiger partial charge in [-0.05, 0) is 38.5 Å². The van der Waals surface area contributed by atoms with Gasteiger partial charge in [-0.15, -0.1) is 0 Å². The van der Waals surface area contributed by atoms with Crippen LogP contribution in [0, 0.1) is 5.92 Å². The molecule has 2 rings (SSSR count). The van der Waals surface area contributed by atoms with Gasteiger partial charge in [0, 0.05) is 0 Å². The van der Waals surface area contributed by atoms with Gasteiger partial charge in [0.05, 0.1) is 5.25 Å². The summed E-state index contributed by atoms with van der Waals surface area (Å²) in [7, 11) is -3.43. The van der Waals surface area contributed by atoms with Gasteiger partial charge in [-0.3, -0.25) is 4.79 Å². The topological polar surface area (TPSA) is 83.5 Å². The van der Waals surface area contributed by atoms with Crippen molar-refractivity contribution in [2.45, 2.75) is 43.4 Å². The van der Waals surface area contributed by atoms with Crippen LogP contribution in [0.4, 0.5) is 0 Å². The van der Waals surface area contributed by atoms with E-state index in [1.54, 1.807) is 0 Å². The molecule has 86 valence electrons. The Kier molecular flexibility index (Phi) is 2.31. The zero-order chi connectivity index (χ0) is 11.3. The van der Waals surface area contributed by atoms with Crippen molar-refractivity contribution in [3.8, 4) is 0 Å². The van der Waals surface area contributed by atoms with E-state index in [1.807, 2.05) is 0 Å². The summed E-state index contributed by atoms with van der Waals surface area (Å²) in [5.41, 5.74) is -1.30. The standard InChI is InChI=1S/C9H15NO4S/c1-9(8(11)12,6-2-3-6)10-15(13,14)7-4-5-7/h6-7,10H,2-5H2,1H3,(H,11,12). The lowest BCUT2D eigenvalue weighted by Crippen LogP contribution is -2.54. The van der Waals surface area contributed by atoms with Crippen molar-refractivity contribution in [1.82, 2.24) is 4.72 Å². The molecule has 2 N–H and O–H groups in total. The van der Waals surface area contributed by atoms with E-state index in [9.17, 15) is 13.2 Å². The smallest absolute Gasteiger partial charge is 0.324 e. The van der Waals surface area contributed by atoms with Gasteiger partial charge in [-0.25, -0.2) is 8.42 Å². The summed E-state index contributed by atoms with van der Waals surface area (Å²) in [4.78, 5) is 11.1. The predicted octanol–water partition coefficient (Wildman–Crippen LogP) is 0.321. The van der Waals surface area contributed by atoms with Crippen LogP contribution in [0.3, 0.4) is 0 Å². The minimum Gasteiger partial charge on any atom is -0.480 e. The second kappa shape index (κ2) is 3.18. The average Bonchev–Trinajstić information content (AvgIpc) is 2.96. The van der Waals surface area contributed by atoms with Gasteiger partial charge in [0.2, 0.25) is 10.0 Å². The number of aliphatic carboxylic acids is 1. The van der Waals surface area contributed by atoms with Gasteiger partial charge >= 0.3 is 5.97 Å². The van der Waals surface area contributed by atoms with Gasteiger partial charge in [-0.1, -0.05) is 0 Å². The predicted molar refractivity (Wildman–Crippen MR) is 53.8 cm³/mol. The maximum atomic E-state index is 11.7. The molecule has 6 heteroatoms. The Morgan fingerprint density at radius 3 is 2.20 bits per heavy atom. The number of carbonyl (C=O) groups is 1. The molecule has 0 amide bonds. The van der Waals surface area contributed by atoms with E-state index in [0.717, 1.165) is 12.8 Å². The Labute approximate surface area is 88.9 Å². The Bertz CT molecular complexity index is 383. The molecule has 0 saturated heterocycles. The fourth-order valence-electron chi connectivity index (χ4n) is 1.72. The highest BCUT2D eigenvalue weighted by Gasteiger charge is 2.52. The van der Waals surface area contributed by atoms with Crippen LogP contribution in [0.25, 0.3) is 0 Å². The highest BCUT2D eigenvalue weighted by atomic mass is 32.2. The molecule has 0 spiro atoms. The average molecular weight is 233 g/mol. The zero-order valence-electron chi connectivity index (χ0n) is 8.56. The molecule has 0 aliphatic heterocycles. The number of hydrogen-bond acceptors (Lipinski definition) is 3. The second-order valence-electron chi connectivity index (χ2n) is 4.63. The van der Waals surface area contributed by atoms with Crippen molar-refractivity contribution in [1.29, 1.82) is 0 Å². The SMILES string of the molecule is CC(NS(=O)(=O)C1CC1)(C(=O)O)C1CC1. The molecule has 1 atom stereocenters. The minimum atomic E-state index is -3.43. The molecule has 0 aromatic carbocycles. The van der Waals surface area contributed by atoms with E-state index in [-0.39, 0.29) is 11.2 Å². The van der Waals surface area contributed by atoms with Gasteiger partial charge in [0.25, 0.3) is 0 Å². The monoisotopic (exact) mass is 233 g/mol. The molecule has 2 fully saturated rings. The third kappa shape index (κ3) is 2.01. The molecule has 0 radical (unpaired) electrons. The Hall–Kier alpha value is -0.620. The summed E-state index contributed by atoms with van der Waals surface area (Å²) in [5, 5.41) is 8.72. The van der Waals surface area contributed by atoms with Gasteiger partial charge in [0.15, 0.2) is 0 Å². The zero-order valence-corrected chi connectivity index (χ0v) is 9.38. The molecule has 15 heavy (non-hydrogen) atoms. The highest BCUT2D eigenvalue weighted by Crippen LogP contribution is 2.41. The van der Waals surface area contributed by atoms with Crippen molar-refractivity contribution in [3.63, 3.8) is 0 Å². The van der Waals surface area contributed by atoms with Crippen molar-refractivity contribution in [2.75, 3.05) is 0 Å². The molecular weight excluding hydrogens is 218 g/mol. The summed E-state index contributed by atoms with van der Waals surface area (Å²) >= 11 is 0. The third-order valence-electron chi connectivity index (χ3n) is 3.16. The molecule has 0 aromatic heterocycles. The number of sulfonamides is 1. The summed E-state index contributed by atoms with van der Waals surface area (Å²) < 4.78 is 25.7. The first-order valence-corrected chi connectivity index (χ1v) is 6.67. The first-order valence-electron chi connectivity index (χ1n) is 5.12. The van der Waals surface area contributed by atoms with Crippen LogP contribution >= 0.6 is 0 Å². The molecule has 0 heterocycles. The fraction of sp³-hybridized carbons (Fsp3) is 0.889. The molecule has 0 aromatic rings. The van der Waals surface area contributed by atoms with Crippen molar-refractivity contribution in [3.05, 3.63) is 0 Å². The van der Waals surface area contributed by atoms with E-state index in [2.05, 4.69) is 4.72 Å². The normalized spacial score (nSPS) is 25.9. The lowest BCUT2D eigenvalue weighted by atomic mass is 9.98. The van der Waals surface area contributed by atoms with Gasteiger partial charge in [-0.2, -0.15) is 4.72 Å². The molecule has 2 aliphatic rings. The molecular formula is C9H15NO4S. The quantitative estimate of drug-likeness (QED) is 0.716. The van der Waals surface area contributed by atoms with E-state index in [1.165, 1.54) is 6.92 Å². The highest BCUT2D eigenvalue weighted by molar-refractivity contribution is 7.90. The summed E-state index contributed by atoms with van der Waals surface area (Å²) in [6.07, 6.45) is 2.87. The maximum absolute atomic E-state index is 11.7. The first kappa shape index (κ1) is 10.9. The Morgan fingerprint density at radius 2 is 1.87 bits per heavy atom. The lowest BCUT2D eigenvalue weighted by Gasteiger charge is -2.25. The van der Waals surface area contributed by atoms with Crippen LogP contribution in [0.1, 0.15) is 32.6 Å². The van der Waals surface area contributed by atoms with Crippen LogP contribution < -0.4 is 4.72 Å². The summed E-state index contributed by atoms with van der Waals surface area (Å²) in [5.74, 6) is -1.13. The van der Waals surface area contributed by atoms with E-state index >= 15 is 0 Å². The van der Waals surface area contributed by atoms with E-state index in [0.29, 0.717) is 12.8 Å². The lowest BCUT2D eigenvalue weighted by molar-refractivity contribution is -0.144. The van der Waals surface area contributed by atoms with Crippen molar-refractivity contribution in [2.24, 2.45) is 5.92 Å². The molecule has 5 nitrogen and oxygen atoms in total. The largest absolute Gasteiger partial charge is 0.480 e. The van der Waals surface area contributed by atoms with Crippen LogP contribution in [-0.4, -0.2) is 30.3 Å². The Morgan fingerprint density at radius 1 is 1.33 bits per heavy atom.